The molecule has 0 amide bonds. The van der Waals surface area contributed by atoms with Crippen LogP contribution in [-0.2, 0) is 6.18 Å². The summed E-state index contributed by atoms with van der Waals surface area (Å²) in [4.78, 5) is 18.3. The van der Waals surface area contributed by atoms with Crippen molar-refractivity contribution in [1.82, 2.24) is 9.97 Å². The average molecular weight is 367 g/mol. The van der Waals surface area contributed by atoms with Crippen molar-refractivity contribution >= 4 is 17.7 Å². The molecule has 0 aliphatic heterocycles. The molecule has 0 spiro atoms. The van der Waals surface area contributed by atoms with E-state index in [-0.39, 0.29) is 23.0 Å². The predicted molar refractivity (Wildman–Crippen MR) is 81.4 cm³/mol. The van der Waals surface area contributed by atoms with Crippen LogP contribution in [-0.4, -0.2) is 21.0 Å². The normalized spacial score (nSPS) is 11.4. The van der Waals surface area contributed by atoms with Crippen LogP contribution in [0.3, 0.4) is 0 Å². The van der Waals surface area contributed by atoms with Crippen molar-refractivity contribution in [3.8, 4) is 11.3 Å². The first-order valence-electron chi connectivity index (χ1n) is 7.03. The standard InChI is InChI=1S/C16H9F4N3O3/c17-11-5-8(1-3-10(11)16(18,19)20)13-7-22-15(26-13)23-9-2-4-12(14(24)25)21-6-9/h1-7H,(H,22,23)(H,24,25). The van der Waals surface area contributed by atoms with Gasteiger partial charge in [0.05, 0.1) is 23.6 Å². The van der Waals surface area contributed by atoms with Gasteiger partial charge in [0.1, 0.15) is 11.5 Å². The Morgan fingerprint density at radius 1 is 1.12 bits per heavy atom. The SMILES string of the molecule is O=C(O)c1ccc(Nc2ncc(-c3ccc(C(F)(F)F)c(F)c3)o2)cn1. The number of carboxylic acids is 1. The van der Waals surface area contributed by atoms with E-state index in [1.54, 1.807) is 0 Å². The number of alkyl halides is 3. The number of hydrogen-bond acceptors (Lipinski definition) is 5. The quantitative estimate of drug-likeness (QED) is 0.667. The van der Waals surface area contributed by atoms with Crippen LogP contribution in [0.15, 0.2) is 47.1 Å². The number of carbonyl (C=O) groups is 1. The maximum Gasteiger partial charge on any atom is 0.419 e. The van der Waals surface area contributed by atoms with Crippen molar-refractivity contribution < 1.29 is 31.9 Å². The minimum absolute atomic E-state index is 0.0230. The summed E-state index contributed by atoms with van der Waals surface area (Å²) in [5.74, 6) is -2.55. The van der Waals surface area contributed by atoms with Gasteiger partial charge in [0.15, 0.2) is 5.76 Å². The van der Waals surface area contributed by atoms with E-state index < -0.39 is 23.5 Å². The van der Waals surface area contributed by atoms with E-state index in [9.17, 15) is 22.4 Å². The van der Waals surface area contributed by atoms with E-state index in [0.29, 0.717) is 17.8 Å². The molecule has 0 aliphatic rings. The topological polar surface area (TPSA) is 88.2 Å². The van der Waals surface area contributed by atoms with Crippen LogP contribution in [0, 0.1) is 5.82 Å². The molecule has 3 rings (SSSR count). The first-order valence-corrected chi connectivity index (χ1v) is 7.03. The Kier molecular flexibility index (Phi) is 4.33. The van der Waals surface area contributed by atoms with Gasteiger partial charge in [-0.1, -0.05) is 6.07 Å². The van der Waals surface area contributed by atoms with Crippen molar-refractivity contribution in [2.75, 3.05) is 5.32 Å². The fourth-order valence-corrected chi connectivity index (χ4v) is 2.08. The molecule has 0 aliphatic carbocycles. The van der Waals surface area contributed by atoms with Crippen LogP contribution in [0.5, 0.6) is 0 Å². The average Bonchev–Trinajstić information content (AvgIpc) is 3.02. The van der Waals surface area contributed by atoms with Gasteiger partial charge in [-0.2, -0.15) is 13.2 Å². The molecule has 134 valence electrons. The largest absolute Gasteiger partial charge is 0.477 e. The Balaban J connectivity index is 1.79. The molecular formula is C16H9F4N3O3. The highest BCUT2D eigenvalue weighted by atomic mass is 19.4. The number of benzene rings is 1. The van der Waals surface area contributed by atoms with Crippen LogP contribution < -0.4 is 5.32 Å². The van der Waals surface area contributed by atoms with Crippen LogP contribution in [0.1, 0.15) is 16.1 Å². The summed E-state index contributed by atoms with van der Waals surface area (Å²) in [5, 5.41) is 11.5. The Hall–Kier alpha value is -3.43. The molecule has 0 fully saturated rings. The molecule has 0 unspecified atom stereocenters. The molecule has 0 saturated heterocycles. The zero-order valence-corrected chi connectivity index (χ0v) is 12.7. The molecule has 10 heteroatoms. The summed E-state index contributed by atoms with van der Waals surface area (Å²) in [6, 6.07) is 5.06. The number of aromatic carboxylic acids is 1. The van der Waals surface area contributed by atoms with Crippen LogP contribution >= 0.6 is 0 Å². The molecule has 0 atom stereocenters. The highest BCUT2D eigenvalue weighted by Crippen LogP contribution is 2.34. The van der Waals surface area contributed by atoms with Crippen molar-refractivity contribution in [3.63, 3.8) is 0 Å². The van der Waals surface area contributed by atoms with E-state index in [0.717, 1.165) is 6.07 Å². The van der Waals surface area contributed by atoms with Gasteiger partial charge in [-0.25, -0.2) is 19.2 Å². The summed E-state index contributed by atoms with van der Waals surface area (Å²) in [5.41, 5.74) is -1.06. The predicted octanol–water partition coefficient (Wildman–Crippen LogP) is 4.34. The highest BCUT2D eigenvalue weighted by Gasteiger charge is 2.34. The second-order valence-electron chi connectivity index (χ2n) is 5.08. The van der Waals surface area contributed by atoms with Crippen LogP contribution in [0.4, 0.5) is 29.3 Å². The zero-order valence-electron chi connectivity index (χ0n) is 12.7. The Morgan fingerprint density at radius 2 is 1.88 bits per heavy atom. The molecule has 0 saturated carbocycles. The lowest BCUT2D eigenvalue weighted by Gasteiger charge is -2.08. The second-order valence-corrected chi connectivity index (χ2v) is 5.08. The third-order valence-electron chi connectivity index (χ3n) is 3.30. The molecule has 2 N–H and O–H groups in total. The first-order chi connectivity index (χ1) is 12.2. The van der Waals surface area contributed by atoms with E-state index in [2.05, 4.69) is 15.3 Å². The number of oxazole rings is 1. The second kappa shape index (κ2) is 6.47. The third kappa shape index (κ3) is 3.63. The molecule has 3 aromatic rings. The Bertz CT molecular complexity index is 952. The molecule has 6 nitrogen and oxygen atoms in total. The number of hydrogen-bond donors (Lipinski definition) is 2. The smallest absolute Gasteiger partial charge is 0.419 e. The van der Waals surface area contributed by atoms with Crippen molar-refractivity contribution in [2.24, 2.45) is 0 Å². The van der Waals surface area contributed by atoms with Crippen LogP contribution in [0.2, 0.25) is 0 Å². The molecule has 0 bridgehead atoms. The summed E-state index contributed by atoms with van der Waals surface area (Å²) >= 11 is 0. The maximum atomic E-state index is 13.6. The zero-order chi connectivity index (χ0) is 18.9. The number of anilines is 2. The van der Waals surface area contributed by atoms with Gasteiger partial charge in [-0.3, -0.25) is 0 Å². The van der Waals surface area contributed by atoms with Gasteiger partial charge in [-0.15, -0.1) is 0 Å². The van der Waals surface area contributed by atoms with Crippen molar-refractivity contribution in [1.29, 1.82) is 0 Å². The minimum Gasteiger partial charge on any atom is -0.477 e. The van der Waals surface area contributed by atoms with Gasteiger partial charge in [-0.05, 0) is 24.3 Å². The van der Waals surface area contributed by atoms with Gasteiger partial charge < -0.3 is 14.8 Å². The molecule has 2 heterocycles. The highest BCUT2D eigenvalue weighted by molar-refractivity contribution is 5.85. The molecule has 0 radical (unpaired) electrons. The summed E-state index contributed by atoms with van der Waals surface area (Å²) in [7, 11) is 0. The lowest BCUT2D eigenvalue weighted by atomic mass is 10.1. The number of pyridine rings is 1. The maximum absolute atomic E-state index is 13.6. The monoisotopic (exact) mass is 367 g/mol. The van der Waals surface area contributed by atoms with E-state index >= 15 is 0 Å². The molecule has 1 aromatic carbocycles. The molecule has 2 aromatic heterocycles. The number of halogens is 4. The summed E-state index contributed by atoms with van der Waals surface area (Å²) < 4.78 is 56.7. The van der Waals surface area contributed by atoms with Gasteiger partial charge in [0, 0.05) is 5.56 Å². The number of rotatable bonds is 4. The molecular weight excluding hydrogens is 358 g/mol. The summed E-state index contributed by atoms with van der Waals surface area (Å²) in [6.07, 6.45) is -2.33. The van der Waals surface area contributed by atoms with Crippen molar-refractivity contribution in [2.45, 2.75) is 6.18 Å². The Morgan fingerprint density at radius 3 is 2.46 bits per heavy atom. The number of nitrogens with one attached hydrogen (secondary N) is 1. The van der Waals surface area contributed by atoms with Gasteiger partial charge in [0.25, 0.3) is 6.01 Å². The van der Waals surface area contributed by atoms with Gasteiger partial charge in [0.2, 0.25) is 0 Å². The number of aromatic nitrogens is 2. The van der Waals surface area contributed by atoms with E-state index in [4.69, 9.17) is 9.52 Å². The number of carboxylic acid groups (broad SMARTS) is 1. The van der Waals surface area contributed by atoms with Crippen molar-refractivity contribution in [3.05, 3.63) is 59.8 Å². The van der Waals surface area contributed by atoms with Gasteiger partial charge >= 0.3 is 12.1 Å². The summed E-state index contributed by atoms with van der Waals surface area (Å²) in [6.45, 7) is 0. The molecule has 26 heavy (non-hydrogen) atoms. The lowest BCUT2D eigenvalue weighted by molar-refractivity contribution is -0.139. The fourth-order valence-electron chi connectivity index (χ4n) is 2.08. The Labute approximate surface area is 143 Å². The van der Waals surface area contributed by atoms with Crippen LogP contribution in [0.25, 0.3) is 11.3 Å². The third-order valence-corrected chi connectivity index (χ3v) is 3.30. The van der Waals surface area contributed by atoms with E-state index in [1.807, 2.05) is 0 Å². The minimum atomic E-state index is -4.79. The number of nitrogens with zero attached hydrogens (tertiary/aromatic N) is 2. The van der Waals surface area contributed by atoms with E-state index in [1.165, 1.54) is 24.5 Å². The fraction of sp³-hybridized carbons (Fsp3) is 0.0625. The first kappa shape index (κ1) is 17.4. The lowest BCUT2D eigenvalue weighted by Crippen LogP contribution is -2.07.